The summed E-state index contributed by atoms with van der Waals surface area (Å²) in [5, 5.41) is 5.08. The predicted octanol–water partition coefficient (Wildman–Crippen LogP) is 0.298. The zero-order chi connectivity index (χ0) is 17.7. The zero-order valence-corrected chi connectivity index (χ0v) is 13.6. The monoisotopic (exact) mass is 329 g/mol. The Labute approximate surface area is 140 Å². The smallest absolute Gasteiger partial charge is 0.325 e. The quantitative estimate of drug-likeness (QED) is 0.580. The molecule has 126 valence electrons. The van der Waals surface area contributed by atoms with Crippen molar-refractivity contribution in [3.05, 3.63) is 29.8 Å². The molecule has 1 aliphatic heterocycles. The summed E-state index contributed by atoms with van der Waals surface area (Å²) in [6.45, 7) is 1.30. The van der Waals surface area contributed by atoms with E-state index in [4.69, 9.17) is 11.2 Å². The number of methoxy groups -OCH3 is 1. The highest BCUT2D eigenvalue weighted by atomic mass is 16.5. The van der Waals surface area contributed by atoms with E-state index in [2.05, 4.69) is 16.6 Å². The lowest BCUT2D eigenvalue weighted by molar-refractivity contribution is -0.134. The Morgan fingerprint density at radius 1 is 1.42 bits per heavy atom. The molecule has 0 unspecified atom stereocenters. The SMILES string of the molecule is C#CCNC(=O)CN1C(=O)N[C@@](C)(Cc2ccccc2OC)C1=O. The van der Waals surface area contributed by atoms with Gasteiger partial charge in [-0.25, -0.2) is 4.79 Å². The summed E-state index contributed by atoms with van der Waals surface area (Å²) in [5.41, 5.74) is -0.354. The van der Waals surface area contributed by atoms with Crippen LogP contribution in [0.25, 0.3) is 0 Å². The van der Waals surface area contributed by atoms with Gasteiger partial charge in [-0.1, -0.05) is 24.1 Å². The number of ether oxygens (including phenoxy) is 1. The van der Waals surface area contributed by atoms with Gasteiger partial charge in [0.2, 0.25) is 5.91 Å². The van der Waals surface area contributed by atoms with Crippen LogP contribution in [0.3, 0.4) is 0 Å². The number of amides is 4. The molecule has 7 heteroatoms. The molecule has 7 nitrogen and oxygen atoms in total. The summed E-state index contributed by atoms with van der Waals surface area (Å²) in [6.07, 6.45) is 5.31. The number of nitrogens with zero attached hydrogens (tertiary/aromatic N) is 1. The highest BCUT2D eigenvalue weighted by Gasteiger charge is 2.48. The molecular formula is C17H19N3O4. The Bertz CT molecular complexity index is 710. The fourth-order valence-electron chi connectivity index (χ4n) is 2.59. The van der Waals surface area contributed by atoms with Crippen molar-refractivity contribution in [2.24, 2.45) is 0 Å². The summed E-state index contributed by atoms with van der Waals surface area (Å²) >= 11 is 0. The first-order valence-electron chi connectivity index (χ1n) is 7.37. The number of urea groups is 1. The van der Waals surface area contributed by atoms with Gasteiger partial charge in [-0.3, -0.25) is 14.5 Å². The number of benzene rings is 1. The van der Waals surface area contributed by atoms with Gasteiger partial charge in [0, 0.05) is 6.42 Å². The lowest BCUT2D eigenvalue weighted by Crippen LogP contribution is -2.47. The first kappa shape index (κ1) is 17.3. The predicted molar refractivity (Wildman–Crippen MR) is 87.2 cm³/mol. The molecule has 24 heavy (non-hydrogen) atoms. The second-order valence-electron chi connectivity index (χ2n) is 5.62. The third kappa shape index (κ3) is 3.49. The van der Waals surface area contributed by atoms with Crippen LogP contribution in [0.2, 0.25) is 0 Å². The maximum absolute atomic E-state index is 12.6. The Morgan fingerprint density at radius 2 is 2.12 bits per heavy atom. The van der Waals surface area contributed by atoms with Crippen molar-refractivity contribution in [1.82, 2.24) is 15.5 Å². The Hall–Kier alpha value is -3.01. The van der Waals surface area contributed by atoms with Crippen molar-refractivity contribution in [3.63, 3.8) is 0 Å². The minimum Gasteiger partial charge on any atom is -0.496 e. The van der Waals surface area contributed by atoms with Crippen LogP contribution in [-0.2, 0) is 16.0 Å². The second-order valence-corrected chi connectivity index (χ2v) is 5.62. The van der Waals surface area contributed by atoms with Gasteiger partial charge in [-0.15, -0.1) is 6.42 Å². The summed E-state index contributed by atoms with van der Waals surface area (Å²) in [5.74, 6) is 1.94. The van der Waals surface area contributed by atoms with E-state index in [1.165, 1.54) is 0 Å². The molecule has 0 spiro atoms. The van der Waals surface area contributed by atoms with E-state index in [9.17, 15) is 14.4 Å². The van der Waals surface area contributed by atoms with Crippen molar-refractivity contribution in [1.29, 1.82) is 0 Å². The average Bonchev–Trinajstić information content (AvgIpc) is 2.76. The normalized spacial score (nSPS) is 19.6. The molecule has 0 bridgehead atoms. The summed E-state index contributed by atoms with van der Waals surface area (Å²) in [6, 6.07) is 6.65. The standard InChI is InChI=1S/C17H19N3O4/c1-4-9-18-14(21)11-20-15(22)17(2,19-16(20)23)10-12-7-5-6-8-13(12)24-3/h1,5-8H,9-11H2,2-3H3,(H,18,21)(H,19,23)/t17-/m0/s1. The molecule has 2 N–H and O–H groups in total. The van der Waals surface area contributed by atoms with Gasteiger partial charge in [-0.2, -0.15) is 0 Å². The van der Waals surface area contributed by atoms with Crippen molar-refractivity contribution >= 4 is 17.8 Å². The zero-order valence-electron chi connectivity index (χ0n) is 13.6. The third-order valence-electron chi connectivity index (χ3n) is 3.77. The van der Waals surface area contributed by atoms with Gasteiger partial charge in [0.25, 0.3) is 5.91 Å². The van der Waals surface area contributed by atoms with Gasteiger partial charge < -0.3 is 15.4 Å². The molecule has 0 saturated carbocycles. The molecule has 0 aromatic heterocycles. The second kappa shape index (κ2) is 7.04. The van der Waals surface area contributed by atoms with E-state index in [0.717, 1.165) is 10.5 Å². The molecular weight excluding hydrogens is 310 g/mol. The molecule has 1 saturated heterocycles. The number of carbonyl (C=O) groups excluding carboxylic acids is 3. The molecule has 1 fully saturated rings. The molecule has 1 aliphatic rings. The summed E-state index contributed by atoms with van der Waals surface area (Å²) < 4.78 is 5.28. The number of rotatable bonds is 6. The van der Waals surface area contributed by atoms with E-state index < -0.39 is 23.4 Å². The van der Waals surface area contributed by atoms with Crippen LogP contribution in [0.15, 0.2) is 24.3 Å². The van der Waals surface area contributed by atoms with Crippen molar-refractivity contribution in [3.8, 4) is 18.1 Å². The molecule has 0 radical (unpaired) electrons. The molecule has 1 aromatic rings. The van der Waals surface area contributed by atoms with Crippen molar-refractivity contribution in [2.45, 2.75) is 18.9 Å². The number of para-hydroxylation sites is 1. The van der Waals surface area contributed by atoms with Crippen LogP contribution in [-0.4, -0.2) is 48.5 Å². The molecule has 0 aliphatic carbocycles. The van der Waals surface area contributed by atoms with E-state index in [1.807, 2.05) is 18.2 Å². The largest absolute Gasteiger partial charge is 0.496 e. The molecule has 1 aromatic carbocycles. The minimum atomic E-state index is -1.14. The number of hydrogen-bond donors (Lipinski definition) is 2. The number of carbonyl (C=O) groups is 3. The topological polar surface area (TPSA) is 87.7 Å². The van der Waals surface area contributed by atoms with Gasteiger partial charge in [0.05, 0.1) is 13.7 Å². The molecule has 2 rings (SSSR count). The molecule has 4 amide bonds. The number of imide groups is 1. The summed E-state index contributed by atoms with van der Waals surface area (Å²) in [7, 11) is 1.54. The minimum absolute atomic E-state index is 0.0426. The number of terminal acetylenes is 1. The molecule has 1 heterocycles. The maximum atomic E-state index is 12.6. The lowest BCUT2D eigenvalue weighted by atomic mass is 9.92. The summed E-state index contributed by atoms with van der Waals surface area (Å²) in [4.78, 5) is 37.3. The Kier molecular flexibility index (Phi) is 5.09. The van der Waals surface area contributed by atoms with Gasteiger partial charge in [-0.05, 0) is 18.6 Å². The van der Waals surface area contributed by atoms with Crippen molar-refractivity contribution in [2.75, 3.05) is 20.2 Å². The number of nitrogens with one attached hydrogen (secondary N) is 2. The first-order valence-corrected chi connectivity index (χ1v) is 7.37. The van der Waals surface area contributed by atoms with E-state index in [-0.39, 0.29) is 19.5 Å². The number of hydrogen-bond acceptors (Lipinski definition) is 4. The maximum Gasteiger partial charge on any atom is 0.325 e. The fourth-order valence-corrected chi connectivity index (χ4v) is 2.59. The Morgan fingerprint density at radius 3 is 2.79 bits per heavy atom. The highest BCUT2D eigenvalue weighted by molar-refractivity contribution is 6.09. The lowest BCUT2D eigenvalue weighted by Gasteiger charge is -2.22. The van der Waals surface area contributed by atoms with E-state index in [1.54, 1.807) is 20.1 Å². The van der Waals surface area contributed by atoms with Gasteiger partial charge >= 0.3 is 6.03 Å². The van der Waals surface area contributed by atoms with E-state index in [0.29, 0.717) is 5.75 Å². The van der Waals surface area contributed by atoms with Crippen LogP contribution in [0.1, 0.15) is 12.5 Å². The fraction of sp³-hybridized carbons (Fsp3) is 0.353. The van der Waals surface area contributed by atoms with Crippen LogP contribution in [0.4, 0.5) is 4.79 Å². The van der Waals surface area contributed by atoms with Crippen LogP contribution < -0.4 is 15.4 Å². The van der Waals surface area contributed by atoms with Crippen LogP contribution in [0.5, 0.6) is 5.75 Å². The van der Waals surface area contributed by atoms with E-state index >= 15 is 0 Å². The Balaban J connectivity index is 2.14. The van der Waals surface area contributed by atoms with Gasteiger partial charge in [0.15, 0.2) is 0 Å². The highest BCUT2D eigenvalue weighted by Crippen LogP contribution is 2.27. The van der Waals surface area contributed by atoms with Crippen LogP contribution in [0, 0.1) is 12.3 Å². The first-order chi connectivity index (χ1) is 11.4. The third-order valence-corrected chi connectivity index (χ3v) is 3.77. The van der Waals surface area contributed by atoms with Crippen molar-refractivity contribution < 1.29 is 19.1 Å². The average molecular weight is 329 g/mol. The van der Waals surface area contributed by atoms with Gasteiger partial charge in [0.1, 0.15) is 17.8 Å². The molecule has 1 atom stereocenters. The van der Waals surface area contributed by atoms with Crippen LogP contribution >= 0.6 is 0 Å².